The lowest BCUT2D eigenvalue weighted by Gasteiger charge is -2.42. The third-order valence-electron chi connectivity index (χ3n) is 6.53. The summed E-state index contributed by atoms with van der Waals surface area (Å²) in [6, 6.07) is 0. The van der Waals surface area contributed by atoms with Crippen molar-refractivity contribution < 1.29 is 43.2 Å². The molecule has 9 heteroatoms. The van der Waals surface area contributed by atoms with Crippen LogP contribution in [0.25, 0.3) is 0 Å². The summed E-state index contributed by atoms with van der Waals surface area (Å²) in [7, 11) is 0. The van der Waals surface area contributed by atoms with Gasteiger partial charge in [0.1, 0.15) is 17.8 Å². The van der Waals surface area contributed by atoms with Gasteiger partial charge in [-0.05, 0) is 19.9 Å². The van der Waals surface area contributed by atoms with E-state index in [9.17, 15) is 24.3 Å². The van der Waals surface area contributed by atoms with Gasteiger partial charge >= 0.3 is 23.9 Å². The fourth-order valence-electron chi connectivity index (χ4n) is 5.19. The van der Waals surface area contributed by atoms with Crippen molar-refractivity contribution in [2.45, 2.75) is 71.6 Å². The maximum Gasteiger partial charge on any atom is 0.334 e. The van der Waals surface area contributed by atoms with Gasteiger partial charge in [-0.1, -0.05) is 26.0 Å². The van der Waals surface area contributed by atoms with Crippen LogP contribution >= 0.6 is 0 Å². The van der Waals surface area contributed by atoms with Crippen molar-refractivity contribution >= 4 is 23.9 Å². The molecule has 3 aliphatic rings. The number of carbonyl (C=O) groups excluding carboxylic acids is 4. The topological polar surface area (TPSA) is 125 Å². The van der Waals surface area contributed by atoms with E-state index in [1.165, 1.54) is 20.8 Å². The Hall–Kier alpha value is -2.68. The minimum absolute atomic E-state index is 0.0638. The van der Waals surface area contributed by atoms with E-state index in [0.29, 0.717) is 0 Å². The number of esters is 4. The highest BCUT2D eigenvalue weighted by Gasteiger charge is 2.66. The molecular formula is C23H30O9. The highest BCUT2D eigenvalue weighted by molar-refractivity contribution is 5.91. The molecule has 0 aromatic carbocycles. The number of hydrogen-bond donors (Lipinski definition) is 1. The molecule has 176 valence electrons. The zero-order valence-electron chi connectivity index (χ0n) is 19.1. The number of fused-ring (bicyclic) bond motifs is 3. The molecule has 8 atom stereocenters. The van der Waals surface area contributed by atoms with Crippen LogP contribution in [0.3, 0.4) is 0 Å². The van der Waals surface area contributed by atoms with Crippen molar-refractivity contribution in [3.8, 4) is 0 Å². The van der Waals surface area contributed by atoms with Crippen LogP contribution in [0.4, 0.5) is 0 Å². The summed E-state index contributed by atoms with van der Waals surface area (Å²) in [6.07, 6.45) is -2.62. The number of rotatable bonds is 4. The molecule has 0 radical (unpaired) electrons. The Bertz CT molecular complexity index is 884. The first kappa shape index (κ1) is 24.0. The number of hydrogen-bond acceptors (Lipinski definition) is 9. The number of carbonyl (C=O) groups is 4. The van der Waals surface area contributed by atoms with E-state index >= 15 is 0 Å². The quantitative estimate of drug-likeness (QED) is 0.293. The first-order valence-corrected chi connectivity index (χ1v) is 10.6. The van der Waals surface area contributed by atoms with Gasteiger partial charge in [-0.15, -0.1) is 0 Å². The van der Waals surface area contributed by atoms with Gasteiger partial charge in [0.15, 0.2) is 12.2 Å². The van der Waals surface area contributed by atoms with Crippen LogP contribution in [-0.4, -0.2) is 59.0 Å². The standard InChI is InChI=1S/C23H30O9/c1-9(2)21(26)32-19-16-11(4)22(27)31-18(16)15-10(3)8-14(29-12(5)24)17(15)23(7,28)20(19)30-13(6)25/h8-9,14-20,28H,4H2,1-3,5-7H3/t14-,15+,16+,17-,18-,19-,20-,23+/m0/s1. The Balaban J connectivity index is 2.20. The normalized spacial score (nSPS) is 38.2. The van der Waals surface area contributed by atoms with Crippen LogP contribution < -0.4 is 0 Å². The van der Waals surface area contributed by atoms with Crippen LogP contribution in [0.5, 0.6) is 0 Å². The molecule has 0 bridgehead atoms. The average Bonchev–Trinajstić information content (AvgIpc) is 3.10. The molecule has 2 aliphatic carbocycles. The molecule has 1 aliphatic heterocycles. The minimum atomic E-state index is -1.82. The van der Waals surface area contributed by atoms with Gasteiger partial charge < -0.3 is 24.1 Å². The average molecular weight is 450 g/mol. The molecule has 3 rings (SSSR count). The molecular weight excluding hydrogens is 420 g/mol. The largest absolute Gasteiger partial charge is 0.458 e. The van der Waals surface area contributed by atoms with Crippen molar-refractivity contribution in [2.75, 3.05) is 0 Å². The van der Waals surface area contributed by atoms with Crippen molar-refractivity contribution in [3.63, 3.8) is 0 Å². The molecule has 2 fully saturated rings. The molecule has 0 aromatic heterocycles. The fraction of sp³-hybridized carbons (Fsp3) is 0.652. The summed E-state index contributed by atoms with van der Waals surface area (Å²) in [5.74, 6) is -5.31. The summed E-state index contributed by atoms with van der Waals surface area (Å²) in [4.78, 5) is 48.9. The lowest BCUT2D eigenvalue weighted by molar-refractivity contribution is -0.205. The summed E-state index contributed by atoms with van der Waals surface area (Å²) >= 11 is 0. The van der Waals surface area contributed by atoms with Crippen LogP contribution in [0.15, 0.2) is 23.8 Å². The Morgan fingerprint density at radius 2 is 1.72 bits per heavy atom. The van der Waals surface area contributed by atoms with Gasteiger partial charge in [-0.3, -0.25) is 14.4 Å². The van der Waals surface area contributed by atoms with E-state index < -0.39 is 77.6 Å². The van der Waals surface area contributed by atoms with Crippen LogP contribution in [-0.2, 0) is 38.1 Å². The van der Waals surface area contributed by atoms with E-state index in [1.54, 1.807) is 26.8 Å². The molecule has 9 nitrogen and oxygen atoms in total. The first-order chi connectivity index (χ1) is 14.8. The fourth-order valence-corrected chi connectivity index (χ4v) is 5.19. The van der Waals surface area contributed by atoms with Gasteiger partial charge in [-0.2, -0.15) is 0 Å². The first-order valence-electron chi connectivity index (χ1n) is 10.6. The zero-order valence-corrected chi connectivity index (χ0v) is 19.1. The lowest BCUT2D eigenvalue weighted by atomic mass is 9.74. The predicted molar refractivity (Wildman–Crippen MR) is 110 cm³/mol. The molecule has 1 heterocycles. The highest BCUT2D eigenvalue weighted by atomic mass is 16.6. The molecule has 0 spiro atoms. The monoisotopic (exact) mass is 450 g/mol. The van der Waals surface area contributed by atoms with Gasteiger partial charge in [-0.25, -0.2) is 4.79 Å². The van der Waals surface area contributed by atoms with E-state index in [0.717, 1.165) is 5.57 Å². The zero-order chi connectivity index (χ0) is 24.1. The van der Waals surface area contributed by atoms with Gasteiger partial charge in [0.25, 0.3) is 0 Å². The maximum absolute atomic E-state index is 12.6. The van der Waals surface area contributed by atoms with Crippen LogP contribution in [0.1, 0.15) is 41.5 Å². The Labute approximate surface area is 186 Å². The third-order valence-corrected chi connectivity index (χ3v) is 6.53. The maximum atomic E-state index is 12.6. The van der Waals surface area contributed by atoms with E-state index in [2.05, 4.69) is 6.58 Å². The summed E-state index contributed by atoms with van der Waals surface area (Å²) in [5.41, 5.74) is -1.02. The molecule has 1 N–H and O–H groups in total. The lowest BCUT2D eigenvalue weighted by Crippen LogP contribution is -2.58. The molecule has 32 heavy (non-hydrogen) atoms. The van der Waals surface area contributed by atoms with Gasteiger partial charge in [0, 0.05) is 31.3 Å². The van der Waals surface area contributed by atoms with E-state index in [-0.39, 0.29) is 5.57 Å². The number of ether oxygens (including phenoxy) is 4. The predicted octanol–water partition coefficient (Wildman–Crippen LogP) is 1.47. The van der Waals surface area contributed by atoms with Gasteiger partial charge in [0.05, 0.1) is 11.8 Å². The van der Waals surface area contributed by atoms with Gasteiger partial charge in [0.2, 0.25) is 0 Å². The SMILES string of the molecule is C=C1C(=O)O[C@@H]2[C@@H]1[C@H](OC(=O)C(C)C)[C@H](OC(C)=O)[C@](C)(O)[C@@H]1[C@H]2C(C)=C[C@@H]1OC(C)=O. The third kappa shape index (κ3) is 3.94. The summed E-state index contributed by atoms with van der Waals surface area (Å²) < 4.78 is 22.4. The molecule has 0 aromatic rings. The van der Waals surface area contributed by atoms with E-state index in [4.69, 9.17) is 18.9 Å². The Morgan fingerprint density at radius 1 is 1.12 bits per heavy atom. The molecule has 0 unspecified atom stereocenters. The number of aliphatic hydroxyl groups is 1. The second-order valence-corrected chi connectivity index (χ2v) is 9.27. The summed E-state index contributed by atoms with van der Waals surface area (Å²) in [6.45, 7) is 12.8. The second kappa shape index (κ2) is 8.35. The van der Waals surface area contributed by atoms with Crippen LogP contribution in [0, 0.1) is 23.7 Å². The summed E-state index contributed by atoms with van der Waals surface area (Å²) in [5, 5.41) is 11.8. The van der Waals surface area contributed by atoms with E-state index in [1.807, 2.05) is 0 Å². The van der Waals surface area contributed by atoms with Crippen molar-refractivity contribution in [3.05, 3.63) is 23.8 Å². The van der Waals surface area contributed by atoms with Crippen molar-refractivity contribution in [1.82, 2.24) is 0 Å². The highest BCUT2D eigenvalue weighted by Crippen LogP contribution is 2.54. The van der Waals surface area contributed by atoms with Crippen molar-refractivity contribution in [1.29, 1.82) is 0 Å². The molecule has 1 saturated carbocycles. The molecule has 1 saturated heterocycles. The Morgan fingerprint density at radius 3 is 2.25 bits per heavy atom. The van der Waals surface area contributed by atoms with Crippen LogP contribution in [0.2, 0.25) is 0 Å². The second-order valence-electron chi connectivity index (χ2n) is 9.27. The smallest absolute Gasteiger partial charge is 0.334 e. The minimum Gasteiger partial charge on any atom is -0.458 e. The molecule has 0 amide bonds. The Kier molecular flexibility index (Phi) is 6.25. The van der Waals surface area contributed by atoms with Crippen molar-refractivity contribution in [2.24, 2.45) is 23.7 Å².